The summed E-state index contributed by atoms with van der Waals surface area (Å²) in [6.07, 6.45) is 0.509. The smallest absolute Gasteiger partial charge is 0.341 e. The first-order chi connectivity index (χ1) is 8.37. The number of nitrogens with zero attached hydrogens (tertiary/aromatic N) is 1. The molecule has 5 heteroatoms. The fourth-order valence-electron chi connectivity index (χ4n) is 1.30. The van der Waals surface area contributed by atoms with Crippen molar-refractivity contribution < 1.29 is 14.6 Å². The van der Waals surface area contributed by atoms with E-state index in [9.17, 15) is 4.79 Å². The van der Waals surface area contributed by atoms with Gasteiger partial charge in [-0.1, -0.05) is 17.7 Å². The van der Waals surface area contributed by atoms with E-state index in [0.29, 0.717) is 6.42 Å². The summed E-state index contributed by atoms with van der Waals surface area (Å²) >= 11 is 5.81. The van der Waals surface area contributed by atoms with Crippen molar-refractivity contribution in [3.05, 3.63) is 28.8 Å². The summed E-state index contributed by atoms with van der Waals surface area (Å²) in [5.74, 6) is -0.904. The Morgan fingerprint density at radius 1 is 1.56 bits per heavy atom. The average Bonchev–Trinajstić information content (AvgIpc) is 2.28. The zero-order valence-electron chi connectivity index (χ0n) is 10.2. The van der Waals surface area contributed by atoms with Gasteiger partial charge >= 0.3 is 5.97 Å². The molecular weight excluding hydrogens is 254 g/mol. The third kappa shape index (κ3) is 3.64. The Bertz CT molecular complexity index is 491. The summed E-state index contributed by atoms with van der Waals surface area (Å²) in [6, 6.07) is 6.83. The van der Waals surface area contributed by atoms with E-state index >= 15 is 0 Å². The lowest BCUT2D eigenvalue weighted by Crippen LogP contribution is -2.14. The Labute approximate surface area is 111 Å². The van der Waals surface area contributed by atoms with Gasteiger partial charge in [0.05, 0.1) is 23.1 Å². The van der Waals surface area contributed by atoms with Crippen LogP contribution >= 0.6 is 11.6 Å². The van der Waals surface area contributed by atoms with Gasteiger partial charge in [0.2, 0.25) is 0 Å². The van der Waals surface area contributed by atoms with Crippen molar-refractivity contribution in [2.24, 2.45) is 5.41 Å². The van der Waals surface area contributed by atoms with Crippen LogP contribution in [0.2, 0.25) is 5.02 Å². The third-order valence-electron chi connectivity index (χ3n) is 2.48. The number of carboxylic acid groups (broad SMARTS) is 1. The van der Waals surface area contributed by atoms with Crippen molar-refractivity contribution in [2.75, 3.05) is 6.61 Å². The van der Waals surface area contributed by atoms with Crippen LogP contribution in [0.5, 0.6) is 5.75 Å². The van der Waals surface area contributed by atoms with E-state index in [2.05, 4.69) is 6.07 Å². The van der Waals surface area contributed by atoms with Crippen LogP contribution in [0.15, 0.2) is 18.2 Å². The number of ether oxygens (including phenoxy) is 1. The van der Waals surface area contributed by atoms with Crippen LogP contribution in [0.4, 0.5) is 0 Å². The molecule has 0 spiro atoms. The predicted molar refractivity (Wildman–Crippen MR) is 67.9 cm³/mol. The lowest BCUT2D eigenvalue weighted by Gasteiger charge is -2.16. The fraction of sp³-hybridized carbons (Fsp3) is 0.385. The maximum absolute atomic E-state index is 11.0. The quantitative estimate of drug-likeness (QED) is 0.888. The van der Waals surface area contributed by atoms with E-state index in [1.807, 2.05) is 0 Å². The van der Waals surface area contributed by atoms with Crippen LogP contribution in [0.25, 0.3) is 0 Å². The van der Waals surface area contributed by atoms with Gasteiger partial charge in [-0.25, -0.2) is 4.79 Å². The van der Waals surface area contributed by atoms with E-state index in [1.54, 1.807) is 26.0 Å². The Hall–Kier alpha value is -1.73. The van der Waals surface area contributed by atoms with E-state index in [4.69, 9.17) is 26.7 Å². The van der Waals surface area contributed by atoms with Gasteiger partial charge in [0, 0.05) is 0 Å². The lowest BCUT2D eigenvalue weighted by atomic mass is 9.92. The highest BCUT2D eigenvalue weighted by molar-refractivity contribution is 6.33. The maximum atomic E-state index is 11.0. The Balaban J connectivity index is 2.78. The molecule has 1 rings (SSSR count). The first kappa shape index (κ1) is 14.3. The molecule has 1 aromatic rings. The number of nitriles is 1. The first-order valence-electron chi connectivity index (χ1n) is 5.43. The second-order valence-electron chi connectivity index (χ2n) is 4.51. The molecule has 0 fully saturated rings. The van der Waals surface area contributed by atoms with E-state index in [-0.39, 0.29) is 22.9 Å². The number of rotatable bonds is 5. The number of hydrogen-bond donors (Lipinski definition) is 1. The highest BCUT2D eigenvalue weighted by Gasteiger charge is 2.19. The van der Waals surface area contributed by atoms with Gasteiger partial charge in [-0.2, -0.15) is 5.26 Å². The van der Waals surface area contributed by atoms with Gasteiger partial charge < -0.3 is 9.84 Å². The van der Waals surface area contributed by atoms with Gasteiger partial charge in [0.1, 0.15) is 11.3 Å². The second-order valence-corrected chi connectivity index (χ2v) is 4.92. The van der Waals surface area contributed by atoms with Crippen LogP contribution in [-0.2, 0) is 0 Å². The minimum Gasteiger partial charge on any atom is -0.493 e. The minimum atomic E-state index is -1.13. The topological polar surface area (TPSA) is 70.3 Å². The van der Waals surface area contributed by atoms with Crippen LogP contribution in [0.1, 0.15) is 30.6 Å². The second kappa shape index (κ2) is 5.74. The molecule has 0 aliphatic heterocycles. The van der Waals surface area contributed by atoms with Crippen LogP contribution in [0, 0.1) is 16.7 Å². The molecule has 0 bridgehead atoms. The number of hydrogen-bond acceptors (Lipinski definition) is 3. The molecule has 0 aromatic heterocycles. The molecule has 0 saturated carbocycles. The number of halogens is 1. The molecule has 4 nitrogen and oxygen atoms in total. The molecule has 1 N–H and O–H groups in total. The zero-order valence-corrected chi connectivity index (χ0v) is 11.0. The molecule has 96 valence electrons. The summed E-state index contributed by atoms with van der Waals surface area (Å²) in [6.45, 7) is 3.86. The van der Waals surface area contributed by atoms with Crippen molar-refractivity contribution in [1.82, 2.24) is 0 Å². The molecule has 18 heavy (non-hydrogen) atoms. The van der Waals surface area contributed by atoms with Crippen LogP contribution in [-0.4, -0.2) is 17.7 Å². The minimum absolute atomic E-state index is 0.0473. The SMILES string of the molecule is CC(C)(C#N)CCOc1cccc(Cl)c1C(=O)O. The van der Waals surface area contributed by atoms with Gasteiger partial charge in [-0.3, -0.25) is 0 Å². The van der Waals surface area contributed by atoms with Crippen LogP contribution in [0.3, 0.4) is 0 Å². The van der Waals surface area contributed by atoms with E-state index in [0.717, 1.165) is 0 Å². The van der Waals surface area contributed by atoms with E-state index < -0.39 is 11.4 Å². The summed E-state index contributed by atoms with van der Waals surface area (Å²) in [7, 11) is 0. The fourth-order valence-corrected chi connectivity index (χ4v) is 1.55. The van der Waals surface area contributed by atoms with Gasteiger partial charge in [0.25, 0.3) is 0 Å². The summed E-state index contributed by atoms with van der Waals surface area (Å²) < 4.78 is 5.40. The van der Waals surface area contributed by atoms with Gasteiger partial charge in [-0.15, -0.1) is 0 Å². The maximum Gasteiger partial charge on any atom is 0.341 e. The number of carboxylic acids is 1. The van der Waals surface area contributed by atoms with Gasteiger partial charge in [0.15, 0.2) is 0 Å². The summed E-state index contributed by atoms with van der Waals surface area (Å²) in [5.41, 5.74) is -0.545. The van der Waals surface area contributed by atoms with Crippen molar-refractivity contribution >= 4 is 17.6 Å². The number of benzene rings is 1. The Kier molecular flexibility index (Phi) is 4.57. The highest BCUT2D eigenvalue weighted by Crippen LogP contribution is 2.27. The Morgan fingerprint density at radius 3 is 2.78 bits per heavy atom. The Morgan fingerprint density at radius 2 is 2.22 bits per heavy atom. The van der Waals surface area contributed by atoms with Crippen molar-refractivity contribution in [2.45, 2.75) is 20.3 Å². The van der Waals surface area contributed by atoms with Crippen molar-refractivity contribution in [1.29, 1.82) is 5.26 Å². The molecule has 0 aliphatic rings. The standard InChI is InChI=1S/C13H14ClNO3/c1-13(2,8-15)6-7-18-10-5-3-4-9(14)11(10)12(16)17/h3-5H,6-7H2,1-2H3,(H,16,17). The molecule has 0 unspecified atom stereocenters. The number of carbonyl (C=O) groups is 1. The number of aromatic carboxylic acids is 1. The molecule has 0 saturated heterocycles. The summed E-state index contributed by atoms with van der Waals surface area (Å²) in [5, 5.41) is 18.0. The largest absolute Gasteiger partial charge is 0.493 e. The van der Waals surface area contributed by atoms with Crippen molar-refractivity contribution in [3.63, 3.8) is 0 Å². The molecule has 0 aliphatic carbocycles. The molecule has 0 atom stereocenters. The monoisotopic (exact) mass is 267 g/mol. The highest BCUT2D eigenvalue weighted by atomic mass is 35.5. The summed E-state index contributed by atoms with van der Waals surface area (Å²) in [4.78, 5) is 11.0. The van der Waals surface area contributed by atoms with Gasteiger partial charge in [-0.05, 0) is 32.4 Å². The normalized spacial score (nSPS) is 10.8. The van der Waals surface area contributed by atoms with Crippen LogP contribution < -0.4 is 4.74 Å². The molecule has 1 aromatic carbocycles. The van der Waals surface area contributed by atoms with Crippen molar-refractivity contribution in [3.8, 4) is 11.8 Å². The molecule has 0 amide bonds. The molecule has 0 radical (unpaired) electrons. The molecule has 0 heterocycles. The average molecular weight is 268 g/mol. The molecular formula is C13H14ClNO3. The predicted octanol–water partition coefficient (Wildman–Crippen LogP) is 3.36. The first-order valence-corrected chi connectivity index (χ1v) is 5.81. The van der Waals surface area contributed by atoms with E-state index in [1.165, 1.54) is 6.07 Å². The lowest BCUT2D eigenvalue weighted by molar-refractivity contribution is 0.0692. The third-order valence-corrected chi connectivity index (χ3v) is 2.79. The zero-order chi connectivity index (χ0) is 13.8.